The van der Waals surface area contributed by atoms with Crippen LogP contribution in [0.15, 0.2) is 18.2 Å². The van der Waals surface area contributed by atoms with E-state index in [1.54, 1.807) is 6.19 Å². The van der Waals surface area contributed by atoms with Gasteiger partial charge in [0.25, 0.3) is 0 Å². The Hall–Kier alpha value is -1.27. The maximum absolute atomic E-state index is 12.9. The Morgan fingerprint density at radius 2 is 2.33 bits per heavy atom. The fourth-order valence-electron chi connectivity index (χ4n) is 0.814. The average molecular weight is 185 g/mol. The van der Waals surface area contributed by atoms with Crippen LogP contribution in [0.25, 0.3) is 0 Å². The molecule has 0 aliphatic carbocycles. The summed E-state index contributed by atoms with van der Waals surface area (Å²) in [6.07, 6.45) is 1.70. The Morgan fingerprint density at radius 3 is 3.00 bits per heavy atom. The number of halogens is 2. The van der Waals surface area contributed by atoms with Gasteiger partial charge in [-0.25, -0.2) is 4.39 Å². The second kappa shape index (κ2) is 3.93. The van der Waals surface area contributed by atoms with Crippen LogP contribution in [-0.2, 0) is 6.54 Å². The van der Waals surface area contributed by atoms with E-state index in [0.29, 0.717) is 10.6 Å². The van der Waals surface area contributed by atoms with Gasteiger partial charge in [-0.05, 0) is 18.2 Å². The fourth-order valence-corrected chi connectivity index (χ4v) is 1.01. The molecule has 0 aliphatic heterocycles. The molecule has 0 spiro atoms. The predicted octanol–water partition coefficient (Wildman–Crippen LogP) is 2.05. The molecule has 0 aliphatic rings. The molecule has 1 aromatic carbocycles. The number of hydrogen-bond acceptors (Lipinski definition) is 2. The van der Waals surface area contributed by atoms with Gasteiger partial charge in [0.1, 0.15) is 5.82 Å². The summed E-state index contributed by atoms with van der Waals surface area (Å²) >= 11 is 5.62. The molecule has 0 saturated heterocycles. The first kappa shape index (κ1) is 8.82. The number of hydrogen-bond donors (Lipinski definition) is 1. The van der Waals surface area contributed by atoms with E-state index in [4.69, 9.17) is 16.9 Å². The molecule has 0 atom stereocenters. The van der Waals surface area contributed by atoms with Crippen molar-refractivity contribution < 1.29 is 4.39 Å². The Bertz CT molecular complexity index is 319. The van der Waals surface area contributed by atoms with Gasteiger partial charge in [-0.1, -0.05) is 11.6 Å². The second-order valence-corrected chi connectivity index (χ2v) is 2.64. The molecule has 0 heterocycles. The standard InChI is InChI=1S/C8H6ClFN2/c9-7-1-2-8(10)6(3-7)4-12-5-11/h1-3,12H,4H2. The number of benzene rings is 1. The van der Waals surface area contributed by atoms with Crippen LogP contribution in [0.3, 0.4) is 0 Å². The van der Waals surface area contributed by atoms with Crippen LogP contribution in [0.1, 0.15) is 5.56 Å². The number of nitriles is 1. The minimum absolute atomic E-state index is 0.170. The summed E-state index contributed by atoms with van der Waals surface area (Å²) in [6, 6.07) is 4.23. The minimum atomic E-state index is -0.359. The van der Waals surface area contributed by atoms with E-state index in [9.17, 15) is 4.39 Å². The maximum atomic E-state index is 12.9. The third kappa shape index (κ3) is 2.11. The molecule has 1 rings (SSSR count). The van der Waals surface area contributed by atoms with Gasteiger partial charge in [-0.2, -0.15) is 5.26 Å². The molecule has 0 radical (unpaired) electrons. The molecule has 1 N–H and O–H groups in total. The SMILES string of the molecule is N#CNCc1cc(Cl)ccc1F. The van der Waals surface area contributed by atoms with Crippen molar-refractivity contribution >= 4 is 11.6 Å². The average Bonchev–Trinajstić information content (AvgIpc) is 2.07. The summed E-state index contributed by atoms with van der Waals surface area (Å²) in [7, 11) is 0. The molecule has 62 valence electrons. The largest absolute Gasteiger partial charge is 0.319 e. The number of nitrogens with zero attached hydrogens (tertiary/aromatic N) is 1. The highest BCUT2D eigenvalue weighted by Crippen LogP contribution is 2.14. The lowest BCUT2D eigenvalue weighted by Gasteiger charge is -2.00. The third-order valence-corrected chi connectivity index (χ3v) is 1.60. The van der Waals surface area contributed by atoms with Crippen LogP contribution >= 0.6 is 11.6 Å². The first-order valence-electron chi connectivity index (χ1n) is 3.30. The zero-order valence-corrected chi connectivity index (χ0v) is 6.90. The topological polar surface area (TPSA) is 35.8 Å². The normalized spacial score (nSPS) is 9.08. The summed E-state index contributed by atoms with van der Waals surface area (Å²) < 4.78 is 12.9. The van der Waals surface area contributed by atoms with Crippen molar-refractivity contribution in [3.63, 3.8) is 0 Å². The van der Waals surface area contributed by atoms with E-state index in [1.807, 2.05) is 0 Å². The Balaban J connectivity index is 2.84. The molecule has 4 heteroatoms. The smallest absolute Gasteiger partial charge is 0.176 e. The van der Waals surface area contributed by atoms with E-state index in [1.165, 1.54) is 18.2 Å². The van der Waals surface area contributed by atoms with E-state index in [0.717, 1.165) is 0 Å². The first-order chi connectivity index (χ1) is 5.74. The van der Waals surface area contributed by atoms with Gasteiger partial charge in [0, 0.05) is 10.6 Å². The minimum Gasteiger partial charge on any atom is -0.319 e. The summed E-state index contributed by atoms with van der Waals surface area (Å²) in [5.74, 6) is -0.359. The second-order valence-electron chi connectivity index (χ2n) is 2.20. The van der Waals surface area contributed by atoms with Crippen molar-refractivity contribution in [3.05, 3.63) is 34.6 Å². The van der Waals surface area contributed by atoms with Crippen LogP contribution in [0, 0.1) is 17.3 Å². The zero-order chi connectivity index (χ0) is 8.97. The fraction of sp³-hybridized carbons (Fsp3) is 0.125. The van der Waals surface area contributed by atoms with E-state index >= 15 is 0 Å². The summed E-state index contributed by atoms with van der Waals surface area (Å²) in [4.78, 5) is 0. The highest BCUT2D eigenvalue weighted by atomic mass is 35.5. The van der Waals surface area contributed by atoms with Crippen LogP contribution in [0.2, 0.25) is 5.02 Å². The van der Waals surface area contributed by atoms with Gasteiger partial charge >= 0.3 is 0 Å². The number of rotatable bonds is 2. The van der Waals surface area contributed by atoms with E-state index in [2.05, 4.69) is 5.32 Å². The quantitative estimate of drug-likeness (QED) is 0.564. The van der Waals surface area contributed by atoms with Gasteiger partial charge < -0.3 is 5.32 Å². The van der Waals surface area contributed by atoms with E-state index < -0.39 is 0 Å². The first-order valence-corrected chi connectivity index (χ1v) is 3.67. The van der Waals surface area contributed by atoms with E-state index in [-0.39, 0.29) is 12.4 Å². The lowest BCUT2D eigenvalue weighted by Crippen LogP contribution is -2.06. The molecule has 0 aromatic heterocycles. The molecule has 0 saturated carbocycles. The van der Waals surface area contributed by atoms with Crippen molar-refractivity contribution in [3.8, 4) is 6.19 Å². The molecule has 0 bridgehead atoms. The monoisotopic (exact) mass is 184 g/mol. The highest BCUT2D eigenvalue weighted by molar-refractivity contribution is 6.30. The summed E-state index contributed by atoms with van der Waals surface area (Å²) in [5.41, 5.74) is 0.393. The summed E-state index contributed by atoms with van der Waals surface area (Å²) in [5, 5.41) is 11.0. The van der Waals surface area contributed by atoms with Gasteiger partial charge in [-0.15, -0.1) is 0 Å². The Kier molecular flexibility index (Phi) is 2.89. The van der Waals surface area contributed by atoms with Crippen LogP contribution in [0.4, 0.5) is 4.39 Å². The van der Waals surface area contributed by atoms with Crippen molar-refractivity contribution in [2.45, 2.75) is 6.54 Å². The van der Waals surface area contributed by atoms with Crippen LogP contribution < -0.4 is 5.32 Å². The van der Waals surface area contributed by atoms with Crippen LogP contribution in [0.5, 0.6) is 0 Å². The molecule has 1 aromatic rings. The molecule has 0 fully saturated rings. The molecule has 0 unspecified atom stereocenters. The van der Waals surface area contributed by atoms with Gasteiger partial charge in [0.15, 0.2) is 6.19 Å². The van der Waals surface area contributed by atoms with Gasteiger partial charge in [-0.3, -0.25) is 0 Å². The lowest BCUT2D eigenvalue weighted by molar-refractivity contribution is 0.605. The molecule has 12 heavy (non-hydrogen) atoms. The molecular weight excluding hydrogens is 179 g/mol. The van der Waals surface area contributed by atoms with Crippen molar-refractivity contribution in [2.24, 2.45) is 0 Å². The van der Waals surface area contributed by atoms with Gasteiger partial charge in [0.05, 0.1) is 6.54 Å². The zero-order valence-electron chi connectivity index (χ0n) is 6.14. The van der Waals surface area contributed by atoms with Crippen molar-refractivity contribution in [2.75, 3.05) is 0 Å². The van der Waals surface area contributed by atoms with Crippen molar-refractivity contribution in [1.29, 1.82) is 5.26 Å². The Morgan fingerprint density at radius 1 is 1.58 bits per heavy atom. The lowest BCUT2D eigenvalue weighted by atomic mass is 10.2. The molecular formula is C8H6ClFN2. The van der Waals surface area contributed by atoms with Gasteiger partial charge in [0.2, 0.25) is 0 Å². The molecule has 2 nitrogen and oxygen atoms in total. The maximum Gasteiger partial charge on any atom is 0.176 e. The predicted molar refractivity (Wildman–Crippen MR) is 43.9 cm³/mol. The third-order valence-electron chi connectivity index (χ3n) is 1.37. The highest BCUT2D eigenvalue weighted by Gasteiger charge is 2.01. The number of nitrogens with one attached hydrogen (secondary N) is 1. The Labute approximate surface area is 74.6 Å². The summed E-state index contributed by atoms with van der Waals surface area (Å²) in [6.45, 7) is 0.170. The van der Waals surface area contributed by atoms with Crippen molar-refractivity contribution in [1.82, 2.24) is 5.32 Å². The molecule has 0 amide bonds. The van der Waals surface area contributed by atoms with Crippen LogP contribution in [-0.4, -0.2) is 0 Å².